The molecule has 0 aliphatic rings. The summed E-state index contributed by atoms with van der Waals surface area (Å²) >= 11 is 1.31. The van der Waals surface area contributed by atoms with E-state index in [4.69, 9.17) is 4.74 Å². The maximum atomic E-state index is 12.0. The molecule has 0 atom stereocenters. The Kier molecular flexibility index (Phi) is 6.29. The van der Waals surface area contributed by atoms with E-state index >= 15 is 0 Å². The molecule has 6 heteroatoms. The summed E-state index contributed by atoms with van der Waals surface area (Å²) in [4.78, 5) is 27.6. The lowest BCUT2D eigenvalue weighted by atomic mass is 10.1. The fourth-order valence-electron chi connectivity index (χ4n) is 2.00. The molecule has 0 unspecified atom stereocenters. The number of amides is 1. The molecule has 1 aromatic heterocycles. The van der Waals surface area contributed by atoms with Crippen LogP contribution >= 0.6 is 11.3 Å². The van der Waals surface area contributed by atoms with E-state index in [9.17, 15) is 9.59 Å². The van der Waals surface area contributed by atoms with E-state index in [1.54, 1.807) is 12.3 Å². The van der Waals surface area contributed by atoms with Gasteiger partial charge in [0.2, 0.25) is 5.91 Å². The molecule has 1 N–H and O–H groups in total. The fraction of sp³-hybridized carbons (Fsp3) is 0.353. The van der Waals surface area contributed by atoms with Gasteiger partial charge in [0.05, 0.1) is 18.7 Å². The van der Waals surface area contributed by atoms with Crippen molar-refractivity contribution >= 4 is 28.3 Å². The molecule has 0 aliphatic carbocycles. The highest BCUT2D eigenvalue weighted by molar-refractivity contribution is 7.13. The molecule has 0 saturated heterocycles. The number of aromatic nitrogens is 1. The van der Waals surface area contributed by atoms with Gasteiger partial charge in [-0.1, -0.05) is 29.8 Å². The van der Waals surface area contributed by atoms with E-state index in [0.717, 1.165) is 5.56 Å². The molecule has 0 aliphatic heterocycles. The van der Waals surface area contributed by atoms with E-state index in [1.807, 2.05) is 31.2 Å². The van der Waals surface area contributed by atoms with Crippen LogP contribution in [0.5, 0.6) is 0 Å². The summed E-state index contributed by atoms with van der Waals surface area (Å²) < 4.78 is 4.87. The molecule has 0 saturated carbocycles. The number of hydrogen-bond acceptors (Lipinski definition) is 5. The predicted molar refractivity (Wildman–Crippen MR) is 90.6 cm³/mol. The van der Waals surface area contributed by atoms with Crippen molar-refractivity contribution in [2.24, 2.45) is 0 Å². The smallest absolute Gasteiger partial charge is 0.311 e. The number of hydrogen-bond donors (Lipinski definition) is 1. The largest absolute Gasteiger partial charge is 0.466 e. The Bertz CT molecular complexity index is 665. The minimum atomic E-state index is -0.310. The first-order chi connectivity index (χ1) is 11.1. The number of aryl methyl sites for hydroxylation is 2. The molecule has 0 bridgehead atoms. The summed E-state index contributed by atoms with van der Waals surface area (Å²) in [7, 11) is 0. The number of esters is 1. The number of carbonyl (C=O) groups excluding carboxylic acids is 2. The lowest BCUT2D eigenvalue weighted by molar-refractivity contribution is -0.142. The zero-order chi connectivity index (χ0) is 16.7. The van der Waals surface area contributed by atoms with Crippen LogP contribution in [0.1, 0.15) is 30.2 Å². The Morgan fingerprint density at radius 2 is 2.00 bits per heavy atom. The average molecular weight is 332 g/mol. The Balaban J connectivity index is 1.80. The van der Waals surface area contributed by atoms with E-state index in [-0.39, 0.29) is 18.3 Å². The summed E-state index contributed by atoms with van der Waals surface area (Å²) in [6, 6.07) is 8.14. The summed E-state index contributed by atoms with van der Waals surface area (Å²) in [5, 5.41) is 5.03. The van der Waals surface area contributed by atoms with Gasteiger partial charge in [-0.05, 0) is 25.8 Å². The van der Waals surface area contributed by atoms with Crippen molar-refractivity contribution in [1.29, 1.82) is 0 Å². The first kappa shape index (κ1) is 17.1. The van der Waals surface area contributed by atoms with Crippen molar-refractivity contribution in [3.63, 3.8) is 0 Å². The highest BCUT2D eigenvalue weighted by Crippen LogP contribution is 2.16. The zero-order valence-corrected chi connectivity index (χ0v) is 14.1. The zero-order valence-electron chi connectivity index (χ0n) is 13.3. The second-order valence-electron chi connectivity index (χ2n) is 5.16. The van der Waals surface area contributed by atoms with Crippen LogP contribution in [0.15, 0.2) is 29.6 Å². The third-order valence-corrected chi connectivity index (χ3v) is 4.00. The molecule has 0 fully saturated rings. The molecule has 1 aromatic carbocycles. The number of anilines is 1. The second kappa shape index (κ2) is 8.43. The number of ether oxygens (including phenoxy) is 1. The normalized spacial score (nSPS) is 10.3. The SMILES string of the molecule is CCOC(=O)Cc1csc(NC(=O)CCc2ccc(C)cc2)n1. The molecule has 5 nitrogen and oxygen atoms in total. The van der Waals surface area contributed by atoms with E-state index < -0.39 is 0 Å². The van der Waals surface area contributed by atoms with Crippen LogP contribution in [0, 0.1) is 6.92 Å². The Morgan fingerprint density at radius 3 is 2.70 bits per heavy atom. The van der Waals surface area contributed by atoms with Crippen molar-refractivity contribution < 1.29 is 14.3 Å². The second-order valence-corrected chi connectivity index (χ2v) is 6.02. The van der Waals surface area contributed by atoms with Crippen molar-refractivity contribution in [3.8, 4) is 0 Å². The fourth-order valence-corrected chi connectivity index (χ4v) is 2.73. The van der Waals surface area contributed by atoms with Gasteiger partial charge in [0.1, 0.15) is 0 Å². The Morgan fingerprint density at radius 1 is 1.26 bits per heavy atom. The van der Waals surface area contributed by atoms with Crippen LogP contribution < -0.4 is 5.32 Å². The van der Waals surface area contributed by atoms with Gasteiger partial charge in [0.25, 0.3) is 0 Å². The third kappa shape index (κ3) is 5.83. The molecule has 122 valence electrons. The minimum absolute atomic E-state index is 0.0809. The maximum Gasteiger partial charge on any atom is 0.311 e. The molecule has 0 radical (unpaired) electrons. The van der Waals surface area contributed by atoms with Crippen molar-refractivity contribution in [3.05, 3.63) is 46.5 Å². The van der Waals surface area contributed by atoms with Crippen LogP contribution in [-0.4, -0.2) is 23.5 Å². The summed E-state index contributed by atoms with van der Waals surface area (Å²) in [5.74, 6) is -0.391. The Hall–Kier alpha value is -2.21. The quantitative estimate of drug-likeness (QED) is 0.791. The lowest BCUT2D eigenvalue weighted by Gasteiger charge is -2.03. The van der Waals surface area contributed by atoms with E-state index in [1.165, 1.54) is 16.9 Å². The van der Waals surface area contributed by atoms with Crippen LogP contribution in [-0.2, 0) is 27.2 Å². The molecular formula is C17H20N2O3S. The lowest BCUT2D eigenvalue weighted by Crippen LogP contribution is -2.12. The van der Waals surface area contributed by atoms with Gasteiger partial charge in [-0.3, -0.25) is 9.59 Å². The molecule has 1 heterocycles. The minimum Gasteiger partial charge on any atom is -0.466 e. The Labute approximate surface area is 139 Å². The van der Waals surface area contributed by atoms with Crippen LogP contribution in [0.4, 0.5) is 5.13 Å². The van der Waals surface area contributed by atoms with Crippen molar-refractivity contribution in [2.45, 2.75) is 33.1 Å². The monoisotopic (exact) mass is 332 g/mol. The van der Waals surface area contributed by atoms with Crippen LogP contribution in [0.25, 0.3) is 0 Å². The topological polar surface area (TPSA) is 68.3 Å². The standard InChI is InChI=1S/C17H20N2O3S/c1-3-22-16(21)10-14-11-23-17(18-14)19-15(20)9-8-13-6-4-12(2)5-7-13/h4-7,11H,3,8-10H2,1-2H3,(H,18,19,20). The van der Waals surface area contributed by atoms with Crippen LogP contribution in [0.3, 0.4) is 0 Å². The molecule has 1 amide bonds. The molecule has 0 spiro atoms. The number of nitrogens with one attached hydrogen (secondary N) is 1. The van der Waals surface area contributed by atoms with Gasteiger partial charge in [-0.15, -0.1) is 11.3 Å². The highest BCUT2D eigenvalue weighted by atomic mass is 32.1. The number of rotatable bonds is 7. The molecule has 2 rings (SSSR count). The number of thiazole rings is 1. The van der Waals surface area contributed by atoms with Gasteiger partial charge >= 0.3 is 5.97 Å². The summed E-state index contributed by atoms with van der Waals surface area (Å²) in [6.45, 7) is 4.15. The average Bonchev–Trinajstić information content (AvgIpc) is 2.94. The van der Waals surface area contributed by atoms with Gasteiger partial charge < -0.3 is 10.1 Å². The van der Waals surface area contributed by atoms with Gasteiger partial charge in [0.15, 0.2) is 5.13 Å². The third-order valence-electron chi connectivity index (χ3n) is 3.19. The predicted octanol–water partition coefficient (Wildman–Crippen LogP) is 3.13. The number of benzene rings is 1. The molecule has 23 heavy (non-hydrogen) atoms. The first-order valence-corrected chi connectivity index (χ1v) is 8.40. The van der Waals surface area contributed by atoms with Crippen LogP contribution in [0.2, 0.25) is 0 Å². The van der Waals surface area contributed by atoms with Crippen molar-refractivity contribution in [2.75, 3.05) is 11.9 Å². The highest BCUT2D eigenvalue weighted by Gasteiger charge is 2.10. The first-order valence-electron chi connectivity index (χ1n) is 7.52. The molecular weight excluding hydrogens is 312 g/mol. The summed E-state index contributed by atoms with van der Waals surface area (Å²) in [5.41, 5.74) is 2.95. The molecule has 2 aromatic rings. The summed E-state index contributed by atoms with van der Waals surface area (Å²) in [6.07, 6.45) is 1.21. The maximum absolute atomic E-state index is 12.0. The van der Waals surface area contributed by atoms with Gasteiger partial charge in [-0.25, -0.2) is 4.98 Å². The van der Waals surface area contributed by atoms with Gasteiger partial charge in [-0.2, -0.15) is 0 Å². The van der Waals surface area contributed by atoms with E-state index in [2.05, 4.69) is 10.3 Å². The van der Waals surface area contributed by atoms with Gasteiger partial charge in [0, 0.05) is 11.8 Å². The number of carbonyl (C=O) groups is 2. The van der Waals surface area contributed by atoms with E-state index in [0.29, 0.717) is 30.3 Å². The van der Waals surface area contributed by atoms with Crippen molar-refractivity contribution in [1.82, 2.24) is 4.98 Å². The number of nitrogens with zero attached hydrogens (tertiary/aromatic N) is 1.